The Bertz CT molecular complexity index is 363. The Morgan fingerprint density at radius 1 is 1.50 bits per heavy atom. The number of hydrogen-bond donors (Lipinski definition) is 2. The second-order valence-corrected chi connectivity index (χ2v) is 4.58. The van der Waals surface area contributed by atoms with Gasteiger partial charge in [-0.1, -0.05) is 37.3 Å². The van der Waals surface area contributed by atoms with Crippen LogP contribution in [0.25, 0.3) is 0 Å². The second-order valence-electron chi connectivity index (χ2n) is 4.58. The molecule has 2 rings (SSSR count). The Labute approximate surface area is 96.0 Å². The van der Waals surface area contributed by atoms with Crippen LogP contribution < -0.4 is 11.1 Å². The number of benzene rings is 1. The van der Waals surface area contributed by atoms with E-state index in [0.717, 1.165) is 12.0 Å². The molecule has 86 valence electrons. The minimum absolute atomic E-state index is 0.112. The molecule has 0 aliphatic heterocycles. The second kappa shape index (κ2) is 4.66. The molecule has 0 bridgehead atoms. The molecule has 0 spiro atoms. The normalized spacial score (nSPS) is 24.9. The molecule has 3 atom stereocenters. The van der Waals surface area contributed by atoms with Gasteiger partial charge in [-0.3, -0.25) is 4.79 Å². The molecular formula is C13H18N2O. The molecule has 3 N–H and O–H groups in total. The summed E-state index contributed by atoms with van der Waals surface area (Å²) in [4.78, 5) is 11.6. The van der Waals surface area contributed by atoms with E-state index in [1.54, 1.807) is 0 Å². The van der Waals surface area contributed by atoms with Gasteiger partial charge in [0.25, 0.3) is 0 Å². The summed E-state index contributed by atoms with van der Waals surface area (Å²) >= 11 is 0. The Kier molecular flexibility index (Phi) is 3.25. The van der Waals surface area contributed by atoms with Crippen LogP contribution in [0.4, 0.5) is 0 Å². The van der Waals surface area contributed by atoms with Gasteiger partial charge in [0, 0.05) is 18.5 Å². The van der Waals surface area contributed by atoms with Gasteiger partial charge in [0.05, 0.1) is 0 Å². The first-order valence-corrected chi connectivity index (χ1v) is 5.76. The van der Waals surface area contributed by atoms with E-state index in [1.165, 1.54) is 0 Å². The molecule has 1 fully saturated rings. The maximum atomic E-state index is 11.6. The lowest BCUT2D eigenvalue weighted by atomic mass is 10.1. The molecule has 1 aromatic rings. The molecular weight excluding hydrogens is 200 g/mol. The molecule has 0 radical (unpaired) electrons. The standard InChI is InChI=1S/C13H18N2O/c1-9-7-11(9)13(16)15-8-12(14)10-5-3-2-4-6-10/h2-6,9,11-12H,7-8,14H2,1H3,(H,15,16). The Hall–Kier alpha value is -1.35. The predicted molar refractivity (Wildman–Crippen MR) is 63.7 cm³/mol. The molecule has 1 aromatic carbocycles. The van der Waals surface area contributed by atoms with E-state index >= 15 is 0 Å². The first kappa shape index (κ1) is 11.1. The Balaban J connectivity index is 1.80. The molecule has 0 saturated heterocycles. The van der Waals surface area contributed by atoms with E-state index in [9.17, 15) is 4.79 Å². The minimum Gasteiger partial charge on any atom is -0.354 e. The SMILES string of the molecule is CC1CC1C(=O)NCC(N)c1ccccc1. The molecule has 1 saturated carbocycles. The highest BCUT2D eigenvalue weighted by molar-refractivity contribution is 5.81. The fraction of sp³-hybridized carbons (Fsp3) is 0.462. The van der Waals surface area contributed by atoms with E-state index < -0.39 is 0 Å². The van der Waals surface area contributed by atoms with Crippen LogP contribution in [0.5, 0.6) is 0 Å². The highest BCUT2D eigenvalue weighted by Crippen LogP contribution is 2.37. The van der Waals surface area contributed by atoms with Crippen LogP contribution in [0, 0.1) is 11.8 Å². The van der Waals surface area contributed by atoms with Crippen LogP contribution in [-0.4, -0.2) is 12.5 Å². The van der Waals surface area contributed by atoms with Gasteiger partial charge in [0.1, 0.15) is 0 Å². The van der Waals surface area contributed by atoms with Gasteiger partial charge in [-0.2, -0.15) is 0 Å². The summed E-state index contributed by atoms with van der Waals surface area (Å²) < 4.78 is 0. The first-order valence-electron chi connectivity index (χ1n) is 5.76. The van der Waals surface area contributed by atoms with Crippen molar-refractivity contribution < 1.29 is 4.79 Å². The number of carbonyl (C=O) groups excluding carboxylic acids is 1. The maximum absolute atomic E-state index is 11.6. The lowest BCUT2D eigenvalue weighted by Crippen LogP contribution is -2.33. The molecule has 1 amide bonds. The average molecular weight is 218 g/mol. The summed E-state index contributed by atoms with van der Waals surface area (Å²) in [6.07, 6.45) is 1.02. The van der Waals surface area contributed by atoms with Crippen LogP contribution in [0.3, 0.4) is 0 Å². The van der Waals surface area contributed by atoms with E-state index in [1.807, 2.05) is 30.3 Å². The molecule has 3 unspecified atom stereocenters. The van der Waals surface area contributed by atoms with Gasteiger partial charge >= 0.3 is 0 Å². The van der Waals surface area contributed by atoms with Crippen LogP contribution in [0.2, 0.25) is 0 Å². The third-order valence-corrected chi connectivity index (χ3v) is 3.17. The fourth-order valence-corrected chi connectivity index (χ4v) is 1.85. The van der Waals surface area contributed by atoms with E-state index in [4.69, 9.17) is 5.73 Å². The summed E-state index contributed by atoms with van der Waals surface area (Å²) in [7, 11) is 0. The molecule has 3 nitrogen and oxygen atoms in total. The van der Waals surface area contributed by atoms with E-state index in [0.29, 0.717) is 12.5 Å². The zero-order valence-corrected chi connectivity index (χ0v) is 9.52. The van der Waals surface area contributed by atoms with Crippen molar-refractivity contribution in [2.24, 2.45) is 17.6 Å². The van der Waals surface area contributed by atoms with Crippen LogP contribution >= 0.6 is 0 Å². The zero-order valence-electron chi connectivity index (χ0n) is 9.52. The lowest BCUT2D eigenvalue weighted by molar-refractivity contribution is -0.122. The Morgan fingerprint density at radius 3 is 2.69 bits per heavy atom. The van der Waals surface area contributed by atoms with Crippen molar-refractivity contribution in [3.05, 3.63) is 35.9 Å². The summed E-state index contributed by atoms with van der Waals surface area (Å²) in [5.41, 5.74) is 7.05. The number of nitrogens with two attached hydrogens (primary N) is 1. The summed E-state index contributed by atoms with van der Waals surface area (Å²) in [6, 6.07) is 9.73. The van der Waals surface area contributed by atoms with Crippen LogP contribution in [-0.2, 0) is 4.79 Å². The van der Waals surface area contributed by atoms with Gasteiger partial charge < -0.3 is 11.1 Å². The van der Waals surface area contributed by atoms with Crippen molar-refractivity contribution in [3.63, 3.8) is 0 Å². The number of rotatable bonds is 4. The predicted octanol–water partition coefficient (Wildman–Crippen LogP) is 1.46. The van der Waals surface area contributed by atoms with Gasteiger partial charge in [0.15, 0.2) is 0 Å². The topological polar surface area (TPSA) is 55.1 Å². The summed E-state index contributed by atoms with van der Waals surface area (Å²) in [5.74, 6) is 0.926. The fourth-order valence-electron chi connectivity index (χ4n) is 1.85. The van der Waals surface area contributed by atoms with E-state index in [2.05, 4.69) is 12.2 Å². The minimum atomic E-state index is -0.112. The summed E-state index contributed by atoms with van der Waals surface area (Å²) in [5, 5.41) is 2.91. The van der Waals surface area contributed by atoms with Gasteiger partial charge in [-0.15, -0.1) is 0 Å². The lowest BCUT2D eigenvalue weighted by Gasteiger charge is -2.12. The molecule has 0 aromatic heterocycles. The molecule has 1 aliphatic carbocycles. The van der Waals surface area contributed by atoms with Gasteiger partial charge in [-0.25, -0.2) is 0 Å². The number of amides is 1. The summed E-state index contributed by atoms with van der Waals surface area (Å²) in [6.45, 7) is 2.62. The van der Waals surface area contributed by atoms with Crippen molar-refractivity contribution in [1.29, 1.82) is 0 Å². The smallest absolute Gasteiger partial charge is 0.223 e. The van der Waals surface area contributed by atoms with Gasteiger partial charge in [0.2, 0.25) is 5.91 Å². The average Bonchev–Trinajstić information content (AvgIpc) is 3.04. The monoisotopic (exact) mass is 218 g/mol. The zero-order chi connectivity index (χ0) is 11.5. The first-order chi connectivity index (χ1) is 7.68. The van der Waals surface area contributed by atoms with Crippen molar-refractivity contribution in [1.82, 2.24) is 5.32 Å². The number of nitrogens with one attached hydrogen (secondary N) is 1. The van der Waals surface area contributed by atoms with Crippen molar-refractivity contribution >= 4 is 5.91 Å². The molecule has 0 heterocycles. The third kappa shape index (κ3) is 2.61. The molecule has 16 heavy (non-hydrogen) atoms. The van der Waals surface area contributed by atoms with Gasteiger partial charge in [-0.05, 0) is 17.9 Å². The third-order valence-electron chi connectivity index (χ3n) is 3.17. The van der Waals surface area contributed by atoms with Crippen LogP contribution in [0.1, 0.15) is 24.9 Å². The van der Waals surface area contributed by atoms with Crippen molar-refractivity contribution in [2.75, 3.05) is 6.54 Å². The van der Waals surface area contributed by atoms with E-state index in [-0.39, 0.29) is 17.9 Å². The number of hydrogen-bond acceptors (Lipinski definition) is 2. The highest BCUT2D eigenvalue weighted by Gasteiger charge is 2.38. The molecule has 1 aliphatic rings. The largest absolute Gasteiger partial charge is 0.354 e. The number of carbonyl (C=O) groups is 1. The maximum Gasteiger partial charge on any atom is 0.223 e. The van der Waals surface area contributed by atoms with Crippen molar-refractivity contribution in [3.8, 4) is 0 Å². The van der Waals surface area contributed by atoms with Crippen LogP contribution in [0.15, 0.2) is 30.3 Å². The molecule has 3 heteroatoms. The highest BCUT2D eigenvalue weighted by atomic mass is 16.2. The quantitative estimate of drug-likeness (QED) is 0.804. The van der Waals surface area contributed by atoms with Crippen molar-refractivity contribution in [2.45, 2.75) is 19.4 Å². The Morgan fingerprint density at radius 2 is 2.12 bits per heavy atom.